The summed E-state index contributed by atoms with van der Waals surface area (Å²) in [5.41, 5.74) is 5.93. The summed E-state index contributed by atoms with van der Waals surface area (Å²) >= 11 is 0. The van der Waals surface area contributed by atoms with Gasteiger partial charge in [-0.25, -0.2) is 8.42 Å². The van der Waals surface area contributed by atoms with Gasteiger partial charge in [0.2, 0.25) is 0 Å². The van der Waals surface area contributed by atoms with Crippen molar-refractivity contribution < 1.29 is 8.42 Å². The first kappa shape index (κ1) is 12.5. The second-order valence-electron chi connectivity index (χ2n) is 4.59. The lowest BCUT2D eigenvalue weighted by atomic mass is 9.96. The van der Waals surface area contributed by atoms with Crippen LogP contribution in [0.1, 0.15) is 13.3 Å². The third kappa shape index (κ3) is 2.22. The van der Waals surface area contributed by atoms with E-state index >= 15 is 0 Å². The zero-order valence-corrected chi connectivity index (χ0v) is 10.9. The summed E-state index contributed by atoms with van der Waals surface area (Å²) in [6.07, 6.45) is 2.29. The molecule has 17 heavy (non-hydrogen) atoms. The van der Waals surface area contributed by atoms with Crippen molar-refractivity contribution in [2.45, 2.75) is 24.4 Å². The first-order chi connectivity index (χ1) is 7.93. The van der Waals surface area contributed by atoms with Crippen molar-refractivity contribution in [2.75, 3.05) is 13.1 Å². The van der Waals surface area contributed by atoms with Gasteiger partial charge in [-0.1, -0.05) is 6.92 Å². The Bertz CT molecular complexity index is 496. The lowest BCUT2D eigenvalue weighted by Crippen LogP contribution is -2.49. The predicted octanol–water partition coefficient (Wildman–Crippen LogP) is -0.222. The molecule has 2 rings (SSSR count). The highest BCUT2D eigenvalue weighted by Gasteiger charge is 2.33. The minimum absolute atomic E-state index is 0.0910. The Morgan fingerprint density at radius 2 is 2.24 bits per heavy atom. The van der Waals surface area contributed by atoms with E-state index in [1.807, 2.05) is 0 Å². The fourth-order valence-electron chi connectivity index (χ4n) is 2.03. The number of nitrogens with zero attached hydrogens (tertiary/aromatic N) is 3. The highest BCUT2D eigenvalue weighted by atomic mass is 32.2. The molecule has 0 aromatic carbocycles. The highest BCUT2D eigenvalue weighted by Crippen LogP contribution is 2.22. The second kappa shape index (κ2) is 4.40. The summed E-state index contributed by atoms with van der Waals surface area (Å²) in [6.45, 7) is 2.97. The van der Waals surface area contributed by atoms with Crippen molar-refractivity contribution in [1.82, 2.24) is 14.1 Å². The SMILES string of the molecule is CC1CCN(S(=O)(=O)c2ccnn2C)CC1N. The van der Waals surface area contributed by atoms with Crippen LogP contribution in [-0.2, 0) is 17.1 Å². The summed E-state index contributed by atoms with van der Waals surface area (Å²) in [4.78, 5) is 0. The molecule has 1 aliphatic heterocycles. The topological polar surface area (TPSA) is 81.2 Å². The van der Waals surface area contributed by atoms with Gasteiger partial charge in [0.15, 0.2) is 5.03 Å². The number of hydrogen-bond acceptors (Lipinski definition) is 4. The molecule has 7 heteroatoms. The van der Waals surface area contributed by atoms with E-state index in [0.29, 0.717) is 19.0 Å². The Kier molecular flexibility index (Phi) is 3.24. The molecule has 2 unspecified atom stereocenters. The largest absolute Gasteiger partial charge is 0.326 e. The summed E-state index contributed by atoms with van der Waals surface area (Å²) in [6, 6.07) is 1.42. The van der Waals surface area contributed by atoms with E-state index in [4.69, 9.17) is 5.73 Å². The summed E-state index contributed by atoms with van der Waals surface area (Å²) in [5, 5.41) is 4.11. The fourth-order valence-corrected chi connectivity index (χ4v) is 3.63. The van der Waals surface area contributed by atoms with Crippen LogP contribution < -0.4 is 5.73 Å². The number of piperidine rings is 1. The van der Waals surface area contributed by atoms with E-state index in [1.54, 1.807) is 7.05 Å². The molecule has 96 valence electrons. The average Bonchev–Trinajstić information content (AvgIpc) is 2.69. The molecule has 1 aromatic rings. The summed E-state index contributed by atoms with van der Waals surface area (Å²) in [7, 11) is -1.83. The number of hydrogen-bond donors (Lipinski definition) is 1. The number of rotatable bonds is 2. The van der Waals surface area contributed by atoms with Crippen LogP contribution in [0, 0.1) is 5.92 Å². The number of nitrogens with two attached hydrogens (primary N) is 1. The van der Waals surface area contributed by atoms with Crippen LogP contribution in [0.2, 0.25) is 0 Å². The van der Waals surface area contributed by atoms with E-state index in [1.165, 1.54) is 21.3 Å². The molecule has 0 aliphatic carbocycles. The van der Waals surface area contributed by atoms with Gasteiger partial charge >= 0.3 is 0 Å². The molecular weight excluding hydrogens is 240 g/mol. The van der Waals surface area contributed by atoms with Crippen LogP contribution in [0.25, 0.3) is 0 Å². The zero-order valence-electron chi connectivity index (χ0n) is 10.1. The Morgan fingerprint density at radius 1 is 1.53 bits per heavy atom. The van der Waals surface area contributed by atoms with Gasteiger partial charge in [0, 0.05) is 26.2 Å². The molecule has 2 heterocycles. The Labute approximate surface area is 101 Å². The van der Waals surface area contributed by atoms with Crippen molar-refractivity contribution in [2.24, 2.45) is 18.7 Å². The Hall–Kier alpha value is -0.920. The van der Waals surface area contributed by atoms with E-state index in [9.17, 15) is 8.42 Å². The monoisotopic (exact) mass is 258 g/mol. The van der Waals surface area contributed by atoms with E-state index in [-0.39, 0.29) is 11.1 Å². The normalized spacial score (nSPS) is 27.2. The number of aryl methyl sites for hydroxylation is 1. The van der Waals surface area contributed by atoms with Crippen LogP contribution in [-0.4, -0.2) is 41.6 Å². The molecule has 0 amide bonds. The zero-order chi connectivity index (χ0) is 12.6. The maximum Gasteiger partial charge on any atom is 0.260 e. The molecular formula is C10H18N4O2S. The molecule has 1 aromatic heterocycles. The van der Waals surface area contributed by atoms with Crippen molar-refractivity contribution >= 4 is 10.0 Å². The van der Waals surface area contributed by atoms with Gasteiger partial charge in [-0.2, -0.15) is 9.40 Å². The van der Waals surface area contributed by atoms with Crippen LogP contribution in [0.15, 0.2) is 17.3 Å². The van der Waals surface area contributed by atoms with Crippen LogP contribution >= 0.6 is 0 Å². The molecule has 0 bridgehead atoms. The van der Waals surface area contributed by atoms with E-state index < -0.39 is 10.0 Å². The maximum absolute atomic E-state index is 12.3. The smallest absolute Gasteiger partial charge is 0.260 e. The Balaban J connectivity index is 2.26. The molecule has 2 atom stereocenters. The number of aromatic nitrogens is 2. The second-order valence-corrected chi connectivity index (χ2v) is 6.47. The standard InChI is InChI=1S/C10H18N4O2S/c1-8-4-6-14(7-9(8)11)17(15,16)10-3-5-12-13(10)2/h3,5,8-9H,4,6-7,11H2,1-2H3. The molecule has 1 aliphatic rings. The molecule has 0 spiro atoms. The minimum atomic E-state index is -3.45. The third-order valence-corrected chi connectivity index (χ3v) is 5.30. The molecule has 0 radical (unpaired) electrons. The van der Waals surface area contributed by atoms with Crippen molar-refractivity contribution in [1.29, 1.82) is 0 Å². The van der Waals surface area contributed by atoms with E-state index in [0.717, 1.165) is 6.42 Å². The first-order valence-corrected chi connectivity index (χ1v) is 7.10. The van der Waals surface area contributed by atoms with Gasteiger partial charge in [-0.05, 0) is 18.4 Å². The van der Waals surface area contributed by atoms with Crippen LogP contribution in [0.4, 0.5) is 0 Å². The van der Waals surface area contributed by atoms with Crippen LogP contribution in [0.5, 0.6) is 0 Å². The molecule has 1 fully saturated rings. The van der Waals surface area contributed by atoms with Gasteiger partial charge < -0.3 is 5.73 Å². The molecule has 0 saturated carbocycles. The lowest BCUT2D eigenvalue weighted by molar-refractivity contribution is 0.252. The maximum atomic E-state index is 12.3. The van der Waals surface area contributed by atoms with Gasteiger partial charge in [-0.15, -0.1) is 0 Å². The summed E-state index contributed by atoms with van der Waals surface area (Å²) < 4.78 is 27.5. The van der Waals surface area contributed by atoms with Crippen molar-refractivity contribution in [3.05, 3.63) is 12.3 Å². The van der Waals surface area contributed by atoms with E-state index in [2.05, 4.69) is 12.0 Å². The van der Waals surface area contributed by atoms with Crippen molar-refractivity contribution in [3.63, 3.8) is 0 Å². The van der Waals surface area contributed by atoms with Gasteiger partial charge in [-0.3, -0.25) is 4.68 Å². The van der Waals surface area contributed by atoms with Gasteiger partial charge in [0.25, 0.3) is 10.0 Å². The molecule has 1 saturated heterocycles. The Morgan fingerprint density at radius 3 is 2.76 bits per heavy atom. The minimum Gasteiger partial charge on any atom is -0.326 e. The van der Waals surface area contributed by atoms with Crippen LogP contribution in [0.3, 0.4) is 0 Å². The summed E-state index contributed by atoms with van der Waals surface area (Å²) in [5.74, 6) is 0.369. The third-order valence-electron chi connectivity index (χ3n) is 3.36. The molecule has 2 N–H and O–H groups in total. The number of sulfonamides is 1. The van der Waals surface area contributed by atoms with Gasteiger partial charge in [0.1, 0.15) is 0 Å². The first-order valence-electron chi connectivity index (χ1n) is 5.66. The quantitative estimate of drug-likeness (QED) is 0.795. The predicted molar refractivity (Wildman–Crippen MR) is 63.7 cm³/mol. The van der Waals surface area contributed by atoms with Crippen molar-refractivity contribution in [3.8, 4) is 0 Å². The highest BCUT2D eigenvalue weighted by molar-refractivity contribution is 7.89. The fraction of sp³-hybridized carbons (Fsp3) is 0.700. The lowest BCUT2D eigenvalue weighted by Gasteiger charge is -2.33. The van der Waals surface area contributed by atoms with Gasteiger partial charge in [0.05, 0.1) is 6.20 Å². The molecule has 6 nitrogen and oxygen atoms in total. The average molecular weight is 258 g/mol.